The van der Waals surface area contributed by atoms with Crippen LogP contribution in [0.5, 0.6) is 0 Å². The lowest BCUT2D eigenvalue weighted by molar-refractivity contribution is -0.170. The van der Waals surface area contributed by atoms with Crippen LogP contribution in [-0.2, 0) is 9.53 Å². The van der Waals surface area contributed by atoms with Gasteiger partial charge < -0.3 is 15.0 Å². The van der Waals surface area contributed by atoms with Gasteiger partial charge in [-0.1, -0.05) is 0 Å². The van der Waals surface area contributed by atoms with Crippen LogP contribution in [0, 0.1) is 0 Å². The van der Waals surface area contributed by atoms with Crippen molar-refractivity contribution in [3.8, 4) is 0 Å². The van der Waals surface area contributed by atoms with Crippen molar-refractivity contribution in [1.82, 2.24) is 10.2 Å². The van der Waals surface area contributed by atoms with Crippen molar-refractivity contribution in [2.75, 3.05) is 26.2 Å². The number of carbonyl (C=O) groups excluding carboxylic acids is 1. The lowest BCUT2D eigenvalue weighted by Gasteiger charge is -2.42. The molecular weight excluding hydrogens is 192 g/mol. The van der Waals surface area contributed by atoms with Gasteiger partial charge in [-0.2, -0.15) is 0 Å². The summed E-state index contributed by atoms with van der Waals surface area (Å²) in [5.74, 6) is 0.153. The van der Waals surface area contributed by atoms with E-state index in [4.69, 9.17) is 4.74 Å². The monoisotopic (exact) mass is 212 g/mol. The number of hydrogen-bond donors (Lipinski definition) is 1. The van der Waals surface area contributed by atoms with Crippen molar-refractivity contribution in [2.45, 2.75) is 38.3 Å². The number of amides is 1. The molecule has 4 heteroatoms. The lowest BCUT2D eigenvalue weighted by Crippen LogP contribution is -2.58. The molecule has 0 spiro atoms. The summed E-state index contributed by atoms with van der Waals surface area (Å²) in [6, 6.07) is 0.418. The van der Waals surface area contributed by atoms with Crippen LogP contribution in [0.15, 0.2) is 0 Å². The van der Waals surface area contributed by atoms with Crippen LogP contribution in [0.4, 0.5) is 0 Å². The summed E-state index contributed by atoms with van der Waals surface area (Å²) in [7, 11) is 0. The third-order valence-corrected chi connectivity index (χ3v) is 3.32. The molecule has 2 aliphatic rings. The molecule has 4 nitrogen and oxygen atoms in total. The van der Waals surface area contributed by atoms with Crippen molar-refractivity contribution in [1.29, 1.82) is 0 Å². The zero-order chi connectivity index (χ0) is 10.9. The first kappa shape index (κ1) is 10.9. The molecule has 1 amide bonds. The Morgan fingerprint density at radius 3 is 2.73 bits per heavy atom. The number of nitrogens with zero attached hydrogens (tertiary/aromatic N) is 1. The number of rotatable bonds is 1. The average Bonchev–Trinajstić information content (AvgIpc) is 2.23. The van der Waals surface area contributed by atoms with E-state index in [1.54, 1.807) is 0 Å². The third kappa shape index (κ3) is 2.16. The maximum atomic E-state index is 12.1. The van der Waals surface area contributed by atoms with E-state index in [-0.39, 0.29) is 5.91 Å². The molecule has 0 bridgehead atoms. The van der Waals surface area contributed by atoms with Gasteiger partial charge in [0, 0.05) is 12.6 Å². The molecule has 15 heavy (non-hydrogen) atoms. The fraction of sp³-hybridized carbons (Fsp3) is 0.909. The Hall–Kier alpha value is -0.610. The molecule has 0 saturated carbocycles. The molecule has 0 radical (unpaired) electrons. The highest BCUT2D eigenvalue weighted by Gasteiger charge is 2.39. The summed E-state index contributed by atoms with van der Waals surface area (Å²) >= 11 is 0. The number of nitrogens with one attached hydrogen (secondary N) is 1. The fourth-order valence-corrected chi connectivity index (χ4v) is 2.38. The second kappa shape index (κ2) is 4.10. The minimum atomic E-state index is -0.622. The molecule has 1 N–H and O–H groups in total. The summed E-state index contributed by atoms with van der Waals surface area (Å²) in [5, 5.41) is 3.32. The van der Waals surface area contributed by atoms with E-state index in [0.717, 1.165) is 32.5 Å². The van der Waals surface area contributed by atoms with Crippen LogP contribution >= 0.6 is 0 Å². The Bertz CT molecular complexity index is 247. The van der Waals surface area contributed by atoms with Gasteiger partial charge in [0.25, 0.3) is 5.91 Å². The standard InChI is InChI=1S/C11H20N2O2/c1-11(2)10(14)13(7-8-15-11)9-3-5-12-6-4-9/h9,12H,3-8H2,1-2H3. The van der Waals surface area contributed by atoms with Gasteiger partial charge in [-0.15, -0.1) is 0 Å². The molecule has 0 aromatic rings. The Labute approximate surface area is 91.0 Å². The number of ether oxygens (including phenoxy) is 1. The predicted octanol–water partition coefficient (Wildman–Crippen LogP) is 0.376. The quantitative estimate of drug-likeness (QED) is 0.683. The van der Waals surface area contributed by atoms with E-state index in [2.05, 4.69) is 5.32 Å². The van der Waals surface area contributed by atoms with Crippen molar-refractivity contribution >= 4 is 5.91 Å². The van der Waals surface area contributed by atoms with Gasteiger partial charge in [-0.05, 0) is 39.8 Å². The van der Waals surface area contributed by atoms with Crippen LogP contribution in [0.25, 0.3) is 0 Å². The normalized spacial score (nSPS) is 28.1. The molecule has 2 heterocycles. The summed E-state index contributed by atoms with van der Waals surface area (Å²) < 4.78 is 5.49. The highest BCUT2D eigenvalue weighted by atomic mass is 16.5. The molecule has 86 valence electrons. The number of carbonyl (C=O) groups is 1. The van der Waals surface area contributed by atoms with Crippen molar-refractivity contribution in [3.63, 3.8) is 0 Å². The zero-order valence-electron chi connectivity index (χ0n) is 9.58. The largest absolute Gasteiger partial charge is 0.364 e. The molecule has 0 atom stereocenters. The topological polar surface area (TPSA) is 41.6 Å². The van der Waals surface area contributed by atoms with Gasteiger partial charge in [0.1, 0.15) is 5.60 Å². The molecule has 2 saturated heterocycles. The van der Waals surface area contributed by atoms with Crippen LogP contribution in [-0.4, -0.2) is 48.7 Å². The van der Waals surface area contributed by atoms with E-state index < -0.39 is 5.60 Å². The first-order chi connectivity index (χ1) is 7.11. The molecule has 0 aromatic heterocycles. The minimum absolute atomic E-state index is 0.153. The van der Waals surface area contributed by atoms with Crippen molar-refractivity contribution in [3.05, 3.63) is 0 Å². The van der Waals surface area contributed by atoms with Gasteiger partial charge in [0.15, 0.2) is 0 Å². The molecule has 0 aliphatic carbocycles. The maximum absolute atomic E-state index is 12.1. The van der Waals surface area contributed by atoms with Crippen molar-refractivity contribution < 1.29 is 9.53 Å². The third-order valence-electron chi connectivity index (χ3n) is 3.32. The van der Waals surface area contributed by atoms with E-state index in [9.17, 15) is 4.79 Å². The molecule has 0 aromatic carbocycles. The van der Waals surface area contributed by atoms with E-state index in [0.29, 0.717) is 12.6 Å². The average molecular weight is 212 g/mol. The number of hydrogen-bond acceptors (Lipinski definition) is 3. The lowest BCUT2D eigenvalue weighted by atomic mass is 9.99. The second-order valence-electron chi connectivity index (χ2n) is 4.84. The van der Waals surface area contributed by atoms with E-state index >= 15 is 0 Å². The van der Waals surface area contributed by atoms with Gasteiger partial charge >= 0.3 is 0 Å². The van der Waals surface area contributed by atoms with Crippen molar-refractivity contribution in [2.24, 2.45) is 0 Å². The summed E-state index contributed by atoms with van der Waals surface area (Å²) in [5.41, 5.74) is -0.622. The first-order valence-corrected chi connectivity index (χ1v) is 5.77. The van der Waals surface area contributed by atoms with Gasteiger partial charge in [0.05, 0.1) is 6.61 Å². The van der Waals surface area contributed by atoms with Crippen LogP contribution < -0.4 is 5.32 Å². The van der Waals surface area contributed by atoms with Crippen LogP contribution in [0.1, 0.15) is 26.7 Å². The molecule has 2 fully saturated rings. The molecule has 2 rings (SSSR count). The smallest absolute Gasteiger partial charge is 0.254 e. The number of morpholine rings is 1. The van der Waals surface area contributed by atoms with Crippen LogP contribution in [0.3, 0.4) is 0 Å². The van der Waals surface area contributed by atoms with Gasteiger partial charge in [-0.25, -0.2) is 0 Å². The predicted molar refractivity (Wildman–Crippen MR) is 57.6 cm³/mol. The second-order valence-corrected chi connectivity index (χ2v) is 4.84. The Kier molecular flexibility index (Phi) is 2.98. The molecule has 0 unspecified atom stereocenters. The molecular formula is C11H20N2O2. The Morgan fingerprint density at radius 2 is 2.07 bits per heavy atom. The van der Waals surface area contributed by atoms with E-state index in [1.165, 1.54) is 0 Å². The first-order valence-electron chi connectivity index (χ1n) is 5.77. The summed E-state index contributed by atoms with van der Waals surface area (Å²) in [6.45, 7) is 7.20. The maximum Gasteiger partial charge on any atom is 0.254 e. The van der Waals surface area contributed by atoms with Gasteiger partial charge in [-0.3, -0.25) is 4.79 Å². The highest BCUT2D eigenvalue weighted by Crippen LogP contribution is 2.23. The fourth-order valence-electron chi connectivity index (χ4n) is 2.38. The summed E-state index contributed by atoms with van der Waals surface area (Å²) in [6.07, 6.45) is 2.14. The molecule has 2 aliphatic heterocycles. The number of piperidine rings is 1. The SMILES string of the molecule is CC1(C)OCCN(C2CCNCC2)C1=O. The van der Waals surface area contributed by atoms with E-state index in [1.807, 2.05) is 18.7 Å². The summed E-state index contributed by atoms with van der Waals surface area (Å²) in [4.78, 5) is 14.1. The Balaban J connectivity index is 2.04. The zero-order valence-corrected chi connectivity index (χ0v) is 9.58. The van der Waals surface area contributed by atoms with Gasteiger partial charge in [0.2, 0.25) is 0 Å². The van der Waals surface area contributed by atoms with Crippen LogP contribution in [0.2, 0.25) is 0 Å². The minimum Gasteiger partial charge on any atom is -0.364 e. The Morgan fingerprint density at radius 1 is 1.40 bits per heavy atom. The highest BCUT2D eigenvalue weighted by molar-refractivity contribution is 5.85.